The third kappa shape index (κ3) is 3.50. The lowest BCUT2D eigenvalue weighted by Crippen LogP contribution is -2.54. The van der Waals surface area contributed by atoms with Crippen LogP contribution in [0, 0.1) is 19.7 Å². The van der Waals surface area contributed by atoms with Crippen LogP contribution in [0.5, 0.6) is 5.75 Å². The van der Waals surface area contributed by atoms with E-state index in [1.807, 2.05) is 6.92 Å². The molecular formula is C21H23FN4O4S2. The first-order valence-electron chi connectivity index (χ1n) is 9.67. The molecule has 11 heteroatoms. The van der Waals surface area contributed by atoms with E-state index in [2.05, 4.69) is 16.1 Å². The van der Waals surface area contributed by atoms with Crippen LogP contribution in [-0.4, -0.2) is 43.4 Å². The van der Waals surface area contributed by atoms with Crippen molar-refractivity contribution < 1.29 is 18.1 Å². The minimum absolute atomic E-state index is 0.0205. The Labute approximate surface area is 190 Å². The molecule has 0 saturated heterocycles. The average Bonchev–Trinajstić information content (AvgIpc) is 3.18. The second-order valence-electron chi connectivity index (χ2n) is 7.89. The Kier molecular flexibility index (Phi) is 5.38. The zero-order valence-corrected chi connectivity index (χ0v) is 19.5. The fraction of sp³-hybridized carbons (Fsp3) is 0.286. The molecule has 2 atom stereocenters. The molecule has 0 amide bonds. The lowest BCUT2D eigenvalue weighted by molar-refractivity contribution is 0.242. The topological polar surface area (TPSA) is 103 Å². The molecule has 2 heterocycles. The molecule has 2 aromatic carbocycles. The van der Waals surface area contributed by atoms with Gasteiger partial charge in [0.05, 0.1) is 27.0 Å². The van der Waals surface area contributed by atoms with Crippen molar-refractivity contribution in [3.8, 4) is 5.75 Å². The molecule has 0 radical (unpaired) electrons. The molecular weight excluding hydrogens is 455 g/mol. The number of anilines is 1. The summed E-state index contributed by atoms with van der Waals surface area (Å²) in [6.07, 6.45) is -0.100. The van der Waals surface area contributed by atoms with Gasteiger partial charge in [-0.1, -0.05) is 6.07 Å². The molecule has 1 aromatic heterocycles. The summed E-state index contributed by atoms with van der Waals surface area (Å²) in [5, 5.41) is 16.0. The van der Waals surface area contributed by atoms with Crippen molar-refractivity contribution in [1.29, 1.82) is 0 Å². The normalized spacial score (nSPS) is 20.7. The van der Waals surface area contributed by atoms with Crippen LogP contribution in [0.4, 0.5) is 10.1 Å². The van der Waals surface area contributed by atoms with E-state index in [9.17, 15) is 18.5 Å². The van der Waals surface area contributed by atoms with E-state index >= 15 is 0 Å². The van der Waals surface area contributed by atoms with Gasteiger partial charge in [-0.25, -0.2) is 18.5 Å². The average molecular weight is 479 g/mol. The summed E-state index contributed by atoms with van der Waals surface area (Å²) in [4.78, 5) is 12.3. The second-order valence-corrected chi connectivity index (χ2v) is 10.8. The van der Waals surface area contributed by atoms with Crippen LogP contribution in [0.1, 0.15) is 22.6 Å². The van der Waals surface area contributed by atoms with Gasteiger partial charge in [0.25, 0.3) is 0 Å². The molecule has 4 rings (SSSR count). The third-order valence-electron chi connectivity index (χ3n) is 5.82. The van der Waals surface area contributed by atoms with E-state index < -0.39 is 26.2 Å². The van der Waals surface area contributed by atoms with E-state index in [-0.39, 0.29) is 24.7 Å². The molecule has 1 unspecified atom stereocenters. The number of phenols is 1. The van der Waals surface area contributed by atoms with Crippen LogP contribution in [0.15, 0.2) is 44.4 Å². The number of phenolic OH excluding ortho intramolecular Hbond substituents is 1. The maximum atomic E-state index is 14.9. The Morgan fingerprint density at radius 3 is 2.75 bits per heavy atom. The molecule has 8 nitrogen and oxygen atoms in total. The SMILES string of the molecule is C=S1(=O)c2ccc(O)cc2N(C)CN1[C@@](S)(Cc1c(F)ccc(C)c1C)c1n[nH]c(=O)o1. The molecule has 0 bridgehead atoms. The maximum Gasteiger partial charge on any atom is 0.434 e. The van der Waals surface area contributed by atoms with Crippen LogP contribution in [-0.2, 0) is 21.0 Å². The van der Waals surface area contributed by atoms with Gasteiger partial charge in [0.2, 0.25) is 5.89 Å². The van der Waals surface area contributed by atoms with Crippen molar-refractivity contribution in [2.45, 2.75) is 30.0 Å². The van der Waals surface area contributed by atoms with Crippen LogP contribution in [0.25, 0.3) is 0 Å². The smallest absolute Gasteiger partial charge is 0.434 e. The quantitative estimate of drug-likeness (QED) is 0.394. The summed E-state index contributed by atoms with van der Waals surface area (Å²) >= 11 is 4.82. The van der Waals surface area contributed by atoms with Gasteiger partial charge in [0.1, 0.15) is 11.6 Å². The number of H-pyrrole nitrogens is 1. The molecule has 170 valence electrons. The Hall–Kier alpha value is -2.76. The number of hydrogen-bond donors (Lipinski definition) is 3. The monoisotopic (exact) mass is 478 g/mol. The second kappa shape index (κ2) is 7.68. The summed E-state index contributed by atoms with van der Waals surface area (Å²) in [5.74, 6) is 2.55. The van der Waals surface area contributed by atoms with Gasteiger partial charge in [-0.05, 0) is 54.6 Å². The Morgan fingerprint density at radius 1 is 1.38 bits per heavy atom. The van der Waals surface area contributed by atoms with Crippen LogP contribution in [0.3, 0.4) is 0 Å². The first-order valence-corrected chi connectivity index (χ1v) is 11.8. The lowest BCUT2D eigenvalue weighted by atomic mass is 9.96. The highest BCUT2D eigenvalue weighted by Crippen LogP contribution is 2.45. The molecule has 1 aliphatic heterocycles. The Balaban J connectivity index is 1.93. The first kappa shape index (κ1) is 22.4. The van der Waals surface area contributed by atoms with Gasteiger partial charge in [0, 0.05) is 19.5 Å². The highest BCUT2D eigenvalue weighted by molar-refractivity contribution is 7.99. The van der Waals surface area contributed by atoms with E-state index in [0.717, 1.165) is 5.56 Å². The van der Waals surface area contributed by atoms with E-state index in [1.165, 1.54) is 28.6 Å². The molecule has 3 aromatic rings. The summed E-state index contributed by atoms with van der Waals surface area (Å²) in [5.41, 5.74) is 2.44. The van der Waals surface area contributed by atoms with Gasteiger partial charge in [-0.3, -0.25) is 0 Å². The van der Waals surface area contributed by atoms with Gasteiger partial charge in [-0.15, -0.1) is 17.7 Å². The zero-order chi connectivity index (χ0) is 23.4. The van der Waals surface area contributed by atoms with Gasteiger partial charge >= 0.3 is 5.76 Å². The predicted octanol–water partition coefficient (Wildman–Crippen LogP) is 2.55. The van der Waals surface area contributed by atoms with Gasteiger partial charge < -0.3 is 14.4 Å². The minimum Gasteiger partial charge on any atom is -0.508 e. The zero-order valence-electron chi connectivity index (χ0n) is 17.8. The highest BCUT2D eigenvalue weighted by atomic mass is 32.2. The van der Waals surface area contributed by atoms with Gasteiger partial charge in [-0.2, -0.15) is 4.31 Å². The van der Waals surface area contributed by atoms with Crippen molar-refractivity contribution >= 4 is 33.9 Å². The van der Waals surface area contributed by atoms with Gasteiger partial charge in [0.15, 0.2) is 4.87 Å². The number of aryl methyl sites for hydroxylation is 1. The van der Waals surface area contributed by atoms with Crippen molar-refractivity contribution in [2.24, 2.45) is 0 Å². The fourth-order valence-electron chi connectivity index (χ4n) is 3.89. The molecule has 0 fully saturated rings. The summed E-state index contributed by atoms with van der Waals surface area (Å²) in [7, 11) is -1.48. The number of nitrogens with one attached hydrogen (secondary N) is 1. The summed E-state index contributed by atoms with van der Waals surface area (Å²) in [6, 6.07) is 7.46. The number of rotatable bonds is 4. The van der Waals surface area contributed by atoms with Crippen molar-refractivity contribution in [2.75, 3.05) is 18.6 Å². The van der Waals surface area contributed by atoms with E-state index in [1.54, 1.807) is 24.9 Å². The van der Waals surface area contributed by atoms with E-state index in [0.29, 0.717) is 21.7 Å². The van der Waals surface area contributed by atoms with Crippen LogP contribution >= 0.6 is 12.6 Å². The number of hydrogen-bond acceptors (Lipinski definition) is 7. The molecule has 0 spiro atoms. The maximum absolute atomic E-state index is 14.9. The number of aromatic nitrogens is 2. The molecule has 0 saturated carbocycles. The highest BCUT2D eigenvalue weighted by Gasteiger charge is 2.48. The van der Waals surface area contributed by atoms with Crippen molar-refractivity contribution in [3.05, 3.63) is 69.3 Å². The van der Waals surface area contributed by atoms with Crippen LogP contribution in [0.2, 0.25) is 0 Å². The summed E-state index contributed by atoms with van der Waals surface area (Å²) in [6.45, 7) is 3.67. The molecule has 0 aliphatic carbocycles. The Morgan fingerprint density at radius 2 is 2.09 bits per heavy atom. The third-order valence-corrected chi connectivity index (χ3v) is 8.72. The van der Waals surface area contributed by atoms with Crippen molar-refractivity contribution in [1.82, 2.24) is 14.5 Å². The Bertz CT molecular complexity index is 1370. The standard InChI is InChI=1S/C21H23FN4O4S2/c1-12-5-7-16(22)15(13(12)2)10-21(31,19-23-24-20(28)30-19)26-11-25(3)17-9-14(27)6-8-18(17)32(26,4)29/h5-9,27,31H,4,10-11H2,1-3H3,(H,24,28)/t21-,32?/m1/s1. The number of fused-ring (bicyclic) bond motifs is 1. The first-order chi connectivity index (χ1) is 14.9. The summed E-state index contributed by atoms with van der Waals surface area (Å²) < 4.78 is 35.7. The molecule has 2 N–H and O–H groups in total. The van der Waals surface area contributed by atoms with E-state index in [4.69, 9.17) is 17.0 Å². The lowest BCUT2D eigenvalue weighted by Gasteiger charge is -2.46. The predicted molar refractivity (Wildman–Crippen MR) is 124 cm³/mol. The van der Waals surface area contributed by atoms with Crippen molar-refractivity contribution in [3.63, 3.8) is 0 Å². The number of aromatic hydroxyl groups is 1. The number of thiol groups is 1. The number of benzene rings is 2. The molecule has 1 aliphatic rings. The number of nitrogens with zero attached hydrogens (tertiary/aromatic N) is 3. The molecule has 32 heavy (non-hydrogen) atoms. The fourth-order valence-corrected chi connectivity index (χ4v) is 6.65. The number of aromatic amines is 1. The number of halogens is 1. The van der Waals surface area contributed by atoms with Crippen LogP contribution < -0.4 is 10.7 Å². The largest absolute Gasteiger partial charge is 0.508 e. The minimum atomic E-state index is -3.22.